The van der Waals surface area contributed by atoms with Crippen molar-refractivity contribution in [1.29, 1.82) is 5.26 Å². The van der Waals surface area contributed by atoms with E-state index in [4.69, 9.17) is 0 Å². The van der Waals surface area contributed by atoms with Gasteiger partial charge in [0.05, 0.1) is 11.5 Å². The molecule has 0 atom stereocenters. The van der Waals surface area contributed by atoms with Crippen LogP contribution in [0.25, 0.3) is 0 Å². The highest BCUT2D eigenvalue weighted by Gasteiger charge is 2.36. The highest BCUT2D eigenvalue weighted by atomic mass is 14.4. The molecule has 0 N–H and O–H groups in total. The Morgan fingerprint density at radius 3 is 2.42 bits per heavy atom. The molecular formula is C18H25N. The second kappa shape index (κ2) is 5.78. The molecule has 0 aromatic heterocycles. The van der Waals surface area contributed by atoms with Gasteiger partial charge in [-0.2, -0.15) is 5.26 Å². The maximum Gasteiger partial charge on any atom is 0.0693 e. The summed E-state index contributed by atoms with van der Waals surface area (Å²) in [5.41, 5.74) is 2.56. The van der Waals surface area contributed by atoms with Crippen molar-refractivity contribution in [3.8, 4) is 6.07 Å². The minimum absolute atomic E-state index is 0.114. The van der Waals surface area contributed by atoms with Gasteiger partial charge in [0.15, 0.2) is 0 Å². The lowest BCUT2D eigenvalue weighted by molar-refractivity contribution is 0.175. The second-order valence-electron chi connectivity index (χ2n) is 6.58. The zero-order valence-electron chi connectivity index (χ0n) is 12.4. The molecular weight excluding hydrogens is 230 g/mol. The van der Waals surface area contributed by atoms with Crippen molar-refractivity contribution in [2.24, 2.45) is 17.3 Å². The number of aryl methyl sites for hydroxylation is 1. The van der Waals surface area contributed by atoms with E-state index in [-0.39, 0.29) is 5.41 Å². The van der Waals surface area contributed by atoms with E-state index < -0.39 is 0 Å². The van der Waals surface area contributed by atoms with Gasteiger partial charge in [-0.1, -0.05) is 38.1 Å². The Morgan fingerprint density at radius 1 is 1.26 bits per heavy atom. The molecule has 1 heteroatoms. The number of rotatable bonds is 3. The van der Waals surface area contributed by atoms with Gasteiger partial charge in [-0.05, 0) is 62.0 Å². The summed E-state index contributed by atoms with van der Waals surface area (Å²) >= 11 is 0. The van der Waals surface area contributed by atoms with E-state index in [0.29, 0.717) is 0 Å². The predicted octanol–water partition coefficient (Wildman–Crippen LogP) is 4.89. The molecule has 0 bridgehead atoms. The number of nitriles is 1. The van der Waals surface area contributed by atoms with Crippen molar-refractivity contribution >= 4 is 0 Å². The van der Waals surface area contributed by atoms with Crippen molar-refractivity contribution in [1.82, 2.24) is 0 Å². The Kier molecular flexibility index (Phi) is 4.30. The van der Waals surface area contributed by atoms with Gasteiger partial charge in [0.1, 0.15) is 0 Å². The summed E-state index contributed by atoms with van der Waals surface area (Å²) < 4.78 is 0. The van der Waals surface area contributed by atoms with Crippen LogP contribution in [0.4, 0.5) is 0 Å². The molecule has 0 spiro atoms. The van der Waals surface area contributed by atoms with Crippen molar-refractivity contribution < 1.29 is 0 Å². The van der Waals surface area contributed by atoms with Crippen LogP contribution >= 0.6 is 0 Å². The van der Waals surface area contributed by atoms with Crippen LogP contribution in [0.3, 0.4) is 0 Å². The number of nitrogens with zero attached hydrogens (tertiary/aromatic N) is 1. The molecule has 0 heterocycles. The monoisotopic (exact) mass is 255 g/mol. The average molecular weight is 255 g/mol. The molecule has 2 rings (SSSR count). The van der Waals surface area contributed by atoms with Crippen LogP contribution in [0, 0.1) is 35.5 Å². The molecule has 0 amide bonds. The van der Waals surface area contributed by atoms with Crippen molar-refractivity contribution in [3.63, 3.8) is 0 Å². The molecule has 1 aliphatic rings. The third-order valence-electron chi connectivity index (χ3n) is 4.96. The number of hydrogen-bond acceptors (Lipinski definition) is 1. The zero-order chi connectivity index (χ0) is 13.9. The van der Waals surface area contributed by atoms with E-state index in [1.165, 1.54) is 24.0 Å². The third kappa shape index (κ3) is 3.18. The summed E-state index contributed by atoms with van der Waals surface area (Å²) in [5, 5.41) is 9.67. The first-order chi connectivity index (χ1) is 9.06. The zero-order valence-corrected chi connectivity index (χ0v) is 12.4. The predicted molar refractivity (Wildman–Crippen MR) is 79.7 cm³/mol. The van der Waals surface area contributed by atoms with Crippen LogP contribution in [-0.4, -0.2) is 0 Å². The molecule has 1 aromatic rings. The van der Waals surface area contributed by atoms with Crippen molar-refractivity contribution in [3.05, 3.63) is 35.4 Å². The summed E-state index contributed by atoms with van der Waals surface area (Å²) in [6, 6.07) is 11.2. The molecule has 0 aliphatic heterocycles. The van der Waals surface area contributed by atoms with Crippen molar-refractivity contribution in [2.45, 2.75) is 52.9 Å². The summed E-state index contributed by atoms with van der Waals surface area (Å²) in [6.45, 7) is 6.77. The largest absolute Gasteiger partial charge is 0.198 e. The first-order valence-corrected chi connectivity index (χ1v) is 7.52. The summed E-state index contributed by atoms with van der Waals surface area (Å²) in [6.07, 6.45) is 5.51. The van der Waals surface area contributed by atoms with E-state index in [1.807, 2.05) is 0 Å². The van der Waals surface area contributed by atoms with Gasteiger partial charge < -0.3 is 0 Å². The summed E-state index contributed by atoms with van der Waals surface area (Å²) in [4.78, 5) is 0. The molecule has 1 fully saturated rings. The maximum atomic E-state index is 9.67. The molecule has 0 saturated heterocycles. The maximum absolute atomic E-state index is 9.67. The summed E-state index contributed by atoms with van der Waals surface area (Å²) in [5.74, 6) is 1.58. The van der Waals surface area contributed by atoms with Crippen LogP contribution < -0.4 is 0 Å². The van der Waals surface area contributed by atoms with Gasteiger partial charge >= 0.3 is 0 Å². The molecule has 19 heavy (non-hydrogen) atoms. The fourth-order valence-electron chi connectivity index (χ4n) is 3.36. The lowest BCUT2D eigenvalue weighted by Crippen LogP contribution is -2.30. The van der Waals surface area contributed by atoms with Gasteiger partial charge in [0.2, 0.25) is 0 Å². The van der Waals surface area contributed by atoms with Crippen LogP contribution in [0.5, 0.6) is 0 Å². The fraction of sp³-hybridized carbons (Fsp3) is 0.611. The van der Waals surface area contributed by atoms with E-state index in [0.717, 1.165) is 31.1 Å². The molecule has 0 radical (unpaired) electrons. The van der Waals surface area contributed by atoms with Crippen LogP contribution in [0.2, 0.25) is 0 Å². The smallest absolute Gasteiger partial charge is 0.0693 e. The second-order valence-corrected chi connectivity index (χ2v) is 6.58. The highest BCUT2D eigenvalue weighted by molar-refractivity contribution is 5.28. The normalized spacial score (nSPS) is 27.2. The number of hydrogen-bond donors (Lipinski definition) is 0. The van der Waals surface area contributed by atoms with Gasteiger partial charge in [-0.15, -0.1) is 0 Å². The van der Waals surface area contributed by atoms with E-state index in [1.54, 1.807) is 0 Å². The van der Waals surface area contributed by atoms with Gasteiger partial charge in [0, 0.05) is 0 Å². The Bertz CT molecular complexity index is 459. The Morgan fingerprint density at radius 2 is 1.89 bits per heavy atom. The lowest BCUT2D eigenvalue weighted by Gasteiger charge is -2.37. The minimum Gasteiger partial charge on any atom is -0.198 e. The summed E-state index contributed by atoms with van der Waals surface area (Å²) in [7, 11) is 0. The molecule has 0 unspecified atom stereocenters. The van der Waals surface area contributed by atoms with E-state index in [9.17, 15) is 5.26 Å². The van der Waals surface area contributed by atoms with Crippen LogP contribution in [0.15, 0.2) is 24.3 Å². The molecule has 1 aliphatic carbocycles. The molecule has 1 nitrogen and oxygen atoms in total. The van der Waals surface area contributed by atoms with Gasteiger partial charge in [-0.3, -0.25) is 0 Å². The van der Waals surface area contributed by atoms with Gasteiger partial charge in [-0.25, -0.2) is 0 Å². The Hall–Kier alpha value is -1.29. The molecule has 102 valence electrons. The van der Waals surface area contributed by atoms with Crippen LogP contribution in [0.1, 0.15) is 50.7 Å². The Labute approximate surface area is 117 Å². The Balaban J connectivity index is 2.10. The fourth-order valence-corrected chi connectivity index (χ4v) is 3.36. The van der Waals surface area contributed by atoms with Crippen molar-refractivity contribution in [2.75, 3.05) is 0 Å². The highest BCUT2D eigenvalue weighted by Crippen LogP contribution is 2.43. The standard InChI is InChI=1S/C18H25N/c1-14(2)16-8-10-18(13-19,11-9-16)12-17-7-5-4-6-15(17)3/h4-7,14,16H,8-12H2,1-3H3. The van der Waals surface area contributed by atoms with E-state index >= 15 is 0 Å². The SMILES string of the molecule is Cc1ccccc1CC1(C#N)CCC(C(C)C)CC1. The average Bonchev–Trinajstić information content (AvgIpc) is 2.42. The topological polar surface area (TPSA) is 23.8 Å². The molecule has 1 aromatic carbocycles. The first kappa shape index (κ1) is 14.1. The molecule has 1 saturated carbocycles. The third-order valence-corrected chi connectivity index (χ3v) is 4.96. The quantitative estimate of drug-likeness (QED) is 0.754. The first-order valence-electron chi connectivity index (χ1n) is 7.52. The van der Waals surface area contributed by atoms with Crippen LogP contribution in [-0.2, 0) is 6.42 Å². The van der Waals surface area contributed by atoms with Gasteiger partial charge in [0.25, 0.3) is 0 Å². The lowest BCUT2D eigenvalue weighted by atomic mass is 9.66. The number of benzene rings is 1. The minimum atomic E-state index is -0.114. The van der Waals surface area contributed by atoms with E-state index in [2.05, 4.69) is 51.1 Å².